The van der Waals surface area contributed by atoms with Gasteiger partial charge in [0.1, 0.15) is 6.07 Å². The lowest BCUT2D eigenvalue weighted by atomic mass is 9.69. The molecule has 0 radical (unpaired) electrons. The first-order chi connectivity index (χ1) is 9.55. The van der Waals surface area contributed by atoms with E-state index in [2.05, 4.69) is 0 Å². The minimum atomic E-state index is -1.01. The van der Waals surface area contributed by atoms with Gasteiger partial charge in [-0.15, -0.1) is 0 Å². The van der Waals surface area contributed by atoms with Gasteiger partial charge in [0.2, 0.25) is 0 Å². The molecule has 1 saturated carbocycles. The predicted octanol–water partition coefficient (Wildman–Crippen LogP) is 2.56. The third-order valence-corrected chi connectivity index (χ3v) is 4.06. The average Bonchev–Trinajstić information content (AvgIpc) is 2.46. The largest absolute Gasteiger partial charge is 0.504 e. The van der Waals surface area contributed by atoms with Crippen molar-refractivity contribution in [3.63, 3.8) is 0 Å². The predicted molar refractivity (Wildman–Crippen MR) is 71.8 cm³/mol. The molecule has 1 aromatic carbocycles. The van der Waals surface area contributed by atoms with Crippen LogP contribution >= 0.6 is 0 Å². The molecular formula is C15H17NO4. The summed E-state index contributed by atoms with van der Waals surface area (Å²) in [6.45, 7) is 0. The Morgan fingerprint density at radius 1 is 1.35 bits per heavy atom. The van der Waals surface area contributed by atoms with Gasteiger partial charge in [-0.3, -0.25) is 4.79 Å². The summed E-state index contributed by atoms with van der Waals surface area (Å²) < 4.78 is 4.98. The van der Waals surface area contributed by atoms with Crippen LogP contribution in [0.25, 0.3) is 0 Å². The normalized spacial score (nSPS) is 17.2. The van der Waals surface area contributed by atoms with Gasteiger partial charge in [0.15, 0.2) is 11.5 Å². The quantitative estimate of drug-likeness (QED) is 0.884. The summed E-state index contributed by atoms with van der Waals surface area (Å²) in [6, 6.07) is 4.89. The molecule has 2 rings (SSSR count). The molecule has 1 aromatic rings. The molecule has 20 heavy (non-hydrogen) atoms. The van der Waals surface area contributed by atoms with Gasteiger partial charge in [-0.25, -0.2) is 0 Å². The lowest BCUT2D eigenvalue weighted by molar-refractivity contribution is -0.145. The Morgan fingerprint density at radius 2 is 2.00 bits per heavy atom. The van der Waals surface area contributed by atoms with Gasteiger partial charge in [-0.05, 0) is 30.5 Å². The lowest BCUT2D eigenvalue weighted by Gasteiger charge is -2.34. The van der Waals surface area contributed by atoms with Crippen molar-refractivity contribution in [2.45, 2.75) is 37.5 Å². The van der Waals surface area contributed by atoms with Gasteiger partial charge in [-0.1, -0.05) is 19.3 Å². The molecule has 0 bridgehead atoms. The number of phenolic OH excluding ortho intramolecular Hbond substituents is 1. The van der Waals surface area contributed by atoms with E-state index in [-0.39, 0.29) is 17.1 Å². The van der Waals surface area contributed by atoms with E-state index in [1.165, 1.54) is 19.2 Å². The summed E-state index contributed by atoms with van der Waals surface area (Å²) in [7, 11) is 1.36. The third kappa shape index (κ3) is 2.18. The van der Waals surface area contributed by atoms with Gasteiger partial charge in [0.25, 0.3) is 0 Å². The van der Waals surface area contributed by atoms with Crippen molar-refractivity contribution < 1.29 is 19.7 Å². The van der Waals surface area contributed by atoms with E-state index in [1.54, 1.807) is 0 Å². The van der Waals surface area contributed by atoms with Crippen LogP contribution in [-0.4, -0.2) is 23.3 Å². The Kier molecular flexibility index (Phi) is 3.84. The lowest BCUT2D eigenvalue weighted by Crippen LogP contribution is -2.37. The number of phenols is 1. The van der Waals surface area contributed by atoms with Crippen LogP contribution in [0, 0.1) is 11.3 Å². The summed E-state index contributed by atoms with van der Waals surface area (Å²) in [5.41, 5.74) is -0.360. The van der Waals surface area contributed by atoms with Crippen molar-refractivity contribution in [3.8, 4) is 17.6 Å². The number of carboxylic acid groups (broad SMARTS) is 1. The molecule has 5 nitrogen and oxygen atoms in total. The molecular weight excluding hydrogens is 258 g/mol. The molecule has 0 spiro atoms. The molecule has 0 heterocycles. The van der Waals surface area contributed by atoms with Crippen LogP contribution in [0.5, 0.6) is 11.5 Å². The van der Waals surface area contributed by atoms with Crippen molar-refractivity contribution in [1.29, 1.82) is 5.26 Å². The number of nitriles is 1. The zero-order valence-electron chi connectivity index (χ0n) is 11.3. The molecule has 0 saturated heterocycles. The number of carboxylic acids is 1. The first kappa shape index (κ1) is 14.2. The van der Waals surface area contributed by atoms with Gasteiger partial charge >= 0.3 is 5.97 Å². The monoisotopic (exact) mass is 275 g/mol. The Morgan fingerprint density at radius 3 is 2.50 bits per heavy atom. The van der Waals surface area contributed by atoms with E-state index < -0.39 is 11.4 Å². The highest BCUT2D eigenvalue weighted by Gasteiger charge is 2.42. The van der Waals surface area contributed by atoms with Crippen LogP contribution in [-0.2, 0) is 10.2 Å². The van der Waals surface area contributed by atoms with Gasteiger partial charge in [0, 0.05) is 0 Å². The standard InChI is InChI=1S/C15H17NO4/c1-20-13-10(9-16)7-11(8-12(13)17)15(14(18)19)5-3-2-4-6-15/h7-8,17H,2-6H2,1H3,(H,18,19). The fraction of sp³-hybridized carbons (Fsp3) is 0.467. The second-order valence-corrected chi connectivity index (χ2v) is 5.14. The van der Waals surface area contributed by atoms with Gasteiger partial charge in [-0.2, -0.15) is 5.26 Å². The molecule has 2 N–H and O–H groups in total. The Hall–Kier alpha value is -2.22. The number of nitrogens with zero attached hydrogens (tertiary/aromatic N) is 1. The zero-order chi connectivity index (χ0) is 14.8. The maximum absolute atomic E-state index is 11.7. The van der Waals surface area contributed by atoms with Crippen LogP contribution < -0.4 is 4.74 Å². The minimum absolute atomic E-state index is 0.0904. The number of hydrogen-bond acceptors (Lipinski definition) is 4. The topological polar surface area (TPSA) is 90.6 Å². The summed E-state index contributed by atoms with van der Waals surface area (Å²) >= 11 is 0. The number of carbonyl (C=O) groups is 1. The van der Waals surface area contributed by atoms with E-state index in [1.807, 2.05) is 6.07 Å². The first-order valence-corrected chi connectivity index (χ1v) is 6.60. The fourth-order valence-corrected chi connectivity index (χ4v) is 2.97. The number of hydrogen-bond donors (Lipinski definition) is 2. The Bertz CT molecular complexity index is 568. The molecule has 0 atom stereocenters. The fourth-order valence-electron chi connectivity index (χ4n) is 2.97. The first-order valence-electron chi connectivity index (χ1n) is 6.60. The summed E-state index contributed by atoms with van der Waals surface area (Å²) in [5, 5.41) is 28.7. The van der Waals surface area contributed by atoms with E-state index in [4.69, 9.17) is 10.00 Å². The molecule has 0 aromatic heterocycles. The van der Waals surface area contributed by atoms with E-state index in [9.17, 15) is 15.0 Å². The van der Waals surface area contributed by atoms with E-state index in [0.717, 1.165) is 19.3 Å². The van der Waals surface area contributed by atoms with Gasteiger partial charge < -0.3 is 14.9 Å². The Labute approximate surface area is 117 Å². The van der Waals surface area contributed by atoms with Crippen LogP contribution in [0.4, 0.5) is 0 Å². The smallest absolute Gasteiger partial charge is 0.314 e. The van der Waals surface area contributed by atoms with Crippen LogP contribution in [0.3, 0.4) is 0 Å². The number of benzene rings is 1. The van der Waals surface area contributed by atoms with E-state index >= 15 is 0 Å². The zero-order valence-corrected chi connectivity index (χ0v) is 11.3. The SMILES string of the molecule is COc1c(O)cc(C2(C(=O)O)CCCCC2)cc1C#N. The summed E-state index contributed by atoms with van der Waals surface area (Å²) in [6.07, 6.45) is 3.74. The molecule has 1 fully saturated rings. The maximum atomic E-state index is 11.7. The number of aliphatic carboxylic acids is 1. The second kappa shape index (κ2) is 5.41. The number of aromatic hydroxyl groups is 1. The Balaban J connectivity index is 2.58. The second-order valence-electron chi connectivity index (χ2n) is 5.14. The van der Waals surface area contributed by atoms with Crippen LogP contribution in [0.2, 0.25) is 0 Å². The van der Waals surface area contributed by atoms with Crippen molar-refractivity contribution in [1.82, 2.24) is 0 Å². The maximum Gasteiger partial charge on any atom is 0.314 e. The molecule has 1 aliphatic rings. The number of ether oxygens (including phenoxy) is 1. The molecule has 5 heteroatoms. The summed E-state index contributed by atoms with van der Waals surface area (Å²) in [4.78, 5) is 11.7. The van der Waals surface area contributed by atoms with Crippen LogP contribution in [0.15, 0.2) is 12.1 Å². The van der Waals surface area contributed by atoms with Crippen molar-refractivity contribution in [2.75, 3.05) is 7.11 Å². The number of rotatable bonds is 3. The third-order valence-electron chi connectivity index (χ3n) is 4.06. The molecule has 1 aliphatic carbocycles. The average molecular weight is 275 g/mol. The van der Waals surface area contributed by atoms with Gasteiger partial charge in [0.05, 0.1) is 18.1 Å². The van der Waals surface area contributed by atoms with Crippen molar-refractivity contribution in [3.05, 3.63) is 23.3 Å². The molecule has 0 aliphatic heterocycles. The van der Waals surface area contributed by atoms with E-state index in [0.29, 0.717) is 18.4 Å². The molecule has 0 amide bonds. The number of methoxy groups -OCH3 is 1. The van der Waals surface area contributed by atoms with Crippen molar-refractivity contribution >= 4 is 5.97 Å². The minimum Gasteiger partial charge on any atom is -0.504 e. The highest BCUT2D eigenvalue weighted by atomic mass is 16.5. The molecule has 106 valence electrons. The summed E-state index contributed by atoms with van der Waals surface area (Å²) in [5.74, 6) is -0.994. The van der Waals surface area contributed by atoms with Crippen molar-refractivity contribution in [2.24, 2.45) is 0 Å². The highest BCUT2D eigenvalue weighted by molar-refractivity contribution is 5.82. The molecule has 0 unspecified atom stereocenters. The van der Waals surface area contributed by atoms with Crippen LogP contribution in [0.1, 0.15) is 43.2 Å². The highest BCUT2D eigenvalue weighted by Crippen LogP contribution is 2.43.